The van der Waals surface area contributed by atoms with Gasteiger partial charge in [-0.15, -0.1) is 13.2 Å². The highest BCUT2D eigenvalue weighted by atomic mass is 79.9. The van der Waals surface area contributed by atoms with E-state index in [9.17, 15) is 13.2 Å². The highest BCUT2D eigenvalue weighted by molar-refractivity contribution is 9.10. The Bertz CT molecular complexity index is 411. The molecule has 16 heavy (non-hydrogen) atoms. The molecule has 0 aliphatic rings. The maximum atomic E-state index is 12.1. The molecule has 0 saturated carbocycles. The minimum atomic E-state index is -4.77. The van der Waals surface area contributed by atoms with E-state index in [1.54, 1.807) is 0 Å². The normalized spacial score (nSPS) is 11.0. The van der Waals surface area contributed by atoms with Crippen molar-refractivity contribution in [2.45, 2.75) is 6.36 Å². The zero-order chi connectivity index (χ0) is 12.3. The summed E-state index contributed by atoms with van der Waals surface area (Å²) in [7, 11) is 0. The summed E-state index contributed by atoms with van der Waals surface area (Å²) in [5.41, 5.74) is 5.22. The first kappa shape index (κ1) is 13.0. The standard InChI is InChI=1S/C8H6BrF3N2OS/c9-4-1-2-5(14-7(13)16)6(3-4)15-8(10,11)12/h1-3H,(H3,13,14,16). The first-order chi connectivity index (χ1) is 7.28. The predicted octanol–water partition coefficient (Wildman–Crippen LogP) is 3.00. The van der Waals surface area contributed by atoms with E-state index in [4.69, 9.17) is 5.73 Å². The quantitative estimate of drug-likeness (QED) is 0.824. The SMILES string of the molecule is NC(=S)Nc1ccc(Br)cc1OC(F)(F)F. The summed E-state index contributed by atoms with van der Waals surface area (Å²) in [4.78, 5) is 0. The van der Waals surface area contributed by atoms with E-state index < -0.39 is 12.1 Å². The first-order valence-corrected chi connectivity index (χ1v) is 5.10. The molecule has 0 unspecified atom stereocenters. The van der Waals surface area contributed by atoms with Gasteiger partial charge in [0.05, 0.1) is 5.69 Å². The van der Waals surface area contributed by atoms with E-state index in [1.165, 1.54) is 12.1 Å². The molecule has 0 bridgehead atoms. The Kier molecular flexibility index (Phi) is 3.98. The van der Waals surface area contributed by atoms with Crippen molar-refractivity contribution in [3.05, 3.63) is 22.7 Å². The number of nitrogens with two attached hydrogens (primary N) is 1. The molecule has 1 aromatic carbocycles. The van der Waals surface area contributed by atoms with Crippen LogP contribution in [0.2, 0.25) is 0 Å². The van der Waals surface area contributed by atoms with Crippen molar-refractivity contribution < 1.29 is 17.9 Å². The molecule has 1 aromatic rings. The lowest BCUT2D eigenvalue weighted by Gasteiger charge is -2.14. The molecule has 0 heterocycles. The number of alkyl halides is 3. The topological polar surface area (TPSA) is 47.3 Å². The van der Waals surface area contributed by atoms with Gasteiger partial charge in [-0.3, -0.25) is 0 Å². The molecule has 0 amide bonds. The van der Waals surface area contributed by atoms with Gasteiger partial charge in [0.2, 0.25) is 0 Å². The Morgan fingerprint density at radius 1 is 1.44 bits per heavy atom. The van der Waals surface area contributed by atoms with Crippen LogP contribution in [0.3, 0.4) is 0 Å². The lowest BCUT2D eigenvalue weighted by Crippen LogP contribution is -2.22. The van der Waals surface area contributed by atoms with Crippen molar-refractivity contribution >= 4 is 38.9 Å². The van der Waals surface area contributed by atoms with Crippen LogP contribution in [0.1, 0.15) is 0 Å². The average Bonchev–Trinajstić information content (AvgIpc) is 2.06. The minimum absolute atomic E-state index is 0.0491. The lowest BCUT2D eigenvalue weighted by atomic mass is 10.3. The Hall–Kier alpha value is -1.02. The van der Waals surface area contributed by atoms with Gasteiger partial charge in [-0.25, -0.2) is 0 Å². The van der Waals surface area contributed by atoms with E-state index in [-0.39, 0.29) is 10.8 Å². The van der Waals surface area contributed by atoms with E-state index in [0.717, 1.165) is 6.07 Å². The molecular formula is C8H6BrF3N2OS. The van der Waals surface area contributed by atoms with Gasteiger partial charge in [-0.2, -0.15) is 0 Å². The summed E-state index contributed by atoms with van der Waals surface area (Å²) in [6.07, 6.45) is -4.77. The summed E-state index contributed by atoms with van der Waals surface area (Å²) in [6.45, 7) is 0. The Balaban J connectivity index is 3.03. The molecule has 0 aliphatic carbocycles. The summed E-state index contributed by atoms with van der Waals surface area (Å²) < 4.78 is 40.4. The molecule has 8 heteroatoms. The number of anilines is 1. The van der Waals surface area contributed by atoms with E-state index in [1.807, 2.05) is 0 Å². The molecule has 0 saturated heterocycles. The number of thiocarbonyl (C=S) groups is 1. The Morgan fingerprint density at radius 2 is 2.06 bits per heavy atom. The molecule has 0 radical (unpaired) electrons. The number of hydrogen-bond donors (Lipinski definition) is 2. The molecule has 3 nitrogen and oxygen atoms in total. The number of nitrogens with one attached hydrogen (secondary N) is 1. The second-order valence-electron chi connectivity index (χ2n) is 2.68. The van der Waals surface area contributed by atoms with Crippen LogP contribution in [-0.2, 0) is 0 Å². The van der Waals surface area contributed by atoms with Crippen molar-refractivity contribution in [3.63, 3.8) is 0 Å². The van der Waals surface area contributed by atoms with Crippen LogP contribution in [0.25, 0.3) is 0 Å². The van der Waals surface area contributed by atoms with Crippen LogP contribution in [-0.4, -0.2) is 11.5 Å². The van der Waals surface area contributed by atoms with Gasteiger partial charge in [0.1, 0.15) is 0 Å². The third-order valence-electron chi connectivity index (χ3n) is 1.43. The minimum Gasteiger partial charge on any atom is -0.404 e. The van der Waals surface area contributed by atoms with Gasteiger partial charge in [-0.1, -0.05) is 15.9 Å². The smallest absolute Gasteiger partial charge is 0.404 e. The third-order valence-corrected chi connectivity index (χ3v) is 2.02. The molecule has 0 aliphatic heterocycles. The molecule has 3 N–H and O–H groups in total. The second-order valence-corrected chi connectivity index (χ2v) is 4.03. The van der Waals surface area contributed by atoms with Crippen LogP contribution >= 0.6 is 28.1 Å². The highest BCUT2D eigenvalue weighted by Crippen LogP contribution is 2.32. The fourth-order valence-corrected chi connectivity index (χ4v) is 1.39. The molecule has 0 spiro atoms. The maximum Gasteiger partial charge on any atom is 0.573 e. The van der Waals surface area contributed by atoms with Crippen molar-refractivity contribution in [1.29, 1.82) is 0 Å². The molecule has 0 aromatic heterocycles. The first-order valence-electron chi connectivity index (χ1n) is 3.90. The van der Waals surface area contributed by atoms with Crippen LogP contribution in [0, 0.1) is 0 Å². The zero-order valence-electron chi connectivity index (χ0n) is 7.64. The average molecular weight is 315 g/mol. The Labute approximate surface area is 103 Å². The fraction of sp³-hybridized carbons (Fsp3) is 0.125. The number of rotatable bonds is 2. The highest BCUT2D eigenvalue weighted by Gasteiger charge is 2.32. The molecule has 88 valence electrons. The van der Waals surface area contributed by atoms with Crippen LogP contribution in [0.5, 0.6) is 5.75 Å². The lowest BCUT2D eigenvalue weighted by molar-refractivity contribution is -0.274. The van der Waals surface area contributed by atoms with Gasteiger partial charge in [0.25, 0.3) is 0 Å². The van der Waals surface area contributed by atoms with Gasteiger partial charge in [0, 0.05) is 4.47 Å². The summed E-state index contributed by atoms with van der Waals surface area (Å²) in [5.74, 6) is -0.408. The van der Waals surface area contributed by atoms with Crippen LogP contribution in [0.4, 0.5) is 18.9 Å². The van der Waals surface area contributed by atoms with Gasteiger partial charge < -0.3 is 15.8 Å². The third kappa shape index (κ3) is 4.23. The number of halogens is 4. The largest absolute Gasteiger partial charge is 0.573 e. The van der Waals surface area contributed by atoms with Crippen molar-refractivity contribution in [1.82, 2.24) is 0 Å². The summed E-state index contributed by atoms with van der Waals surface area (Å²) in [6, 6.07) is 4.06. The van der Waals surface area contributed by atoms with E-state index in [0.29, 0.717) is 4.47 Å². The predicted molar refractivity (Wildman–Crippen MR) is 61.2 cm³/mol. The van der Waals surface area contributed by atoms with Crippen LogP contribution in [0.15, 0.2) is 22.7 Å². The zero-order valence-corrected chi connectivity index (χ0v) is 10.0. The number of ether oxygens (including phenoxy) is 1. The summed E-state index contributed by atoms with van der Waals surface area (Å²) in [5, 5.41) is 2.24. The van der Waals surface area contributed by atoms with Gasteiger partial charge in [0.15, 0.2) is 10.9 Å². The number of hydrogen-bond acceptors (Lipinski definition) is 2. The maximum absolute atomic E-state index is 12.1. The van der Waals surface area contributed by atoms with E-state index >= 15 is 0 Å². The Morgan fingerprint density at radius 3 is 2.56 bits per heavy atom. The fourth-order valence-electron chi connectivity index (χ4n) is 0.941. The summed E-state index contributed by atoms with van der Waals surface area (Å²) >= 11 is 7.56. The van der Waals surface area contributed by atoms with E-state index in [2.05, 4.69) is 38.2 Å². The van der Waals surface area contributed by atoms with Crippen LogP contribution < -0.4 is 15.8 Å². The second kappa shape index (κ2) is 4.88. The van der Waals surface area contributed by atoms with Gasteiger partial charge in [-0.05, 0) is 30.4 Å². The molecule has 1 rings (SSSR count). The van der Waals surface area contributed by atoms with Crippen molar-refractivity contribution in [2.75, 3.05) is 5.32 Å². The monoisotopic (exact) mass is 314 g/mol. The molecule has 0 atom stereocenters. The van der Waals surface area contributed by atoms with Crippen molar-refractivity contribution in [2.24, 2.45) is 5.73 Å². The van der Waals surface area contributed by atoms with Gasteiger partial charge >= 0.3 is 6.36 Å². The van der Waals surface area contributed by atoms with Crippen molar-refractivity contribution in [3.8, 4) is 5.75 Å². The number of benzene rings is 1. The molecular weight excluding hydrogens is 309 g/mol. The molecule has 0 fully saturated rings.